The molecule has 2 unspecified atom stereocenters. The van der Waals surface area contributed by atoms with Gasteiger partial charge in [-0.1, -0.05) is 60.7 Å². The SMILES string of the molecule is O=C([O-])C(CO)c1ccccc1.O=C([O-])C(CO)c1ccccc1.[SnH2+2]. The zero-order valence-electron chi connectivity index (χ0n) is 13.6. The van der Waals surface area contributed by atoms with E-state index in [0.717, 1.165) is 0 Å². The molecule has 0 heterocycles. The number of benzene rings is 2. The molecule has 0 aliphatic rings. The summed E-state index contributed by atoms with van der Waals surface area (Å²) in [7, 11) is 0. The van der Waals surface area contributed by atoms with Crippen LogP contribution in [0.15, 0.2) is 60.7 Å². The van der Waals surface area contributed by atoms with Crippen LogP contribution in [0, 0.1) is 0 Å². The van der Waals surface area contributed by atoms with Crippen molar-refractivity contribution in [2.45, 2.75) is 11.8 Å². The average molecular weight is 451 g/mol. The molecule has 0 aliphatic heterocycles. The van der Waals surface area contributed by atoms with E-state index in [2.05, 4.69) is 0 Å². The monoisotopic (exact) mass is 452 g/mol. The van der Waals surface area contributed by atoms with Gasteiger partial charge in [0, 0.05) is 11.8 Å². The van der Waals surface area contributed by atoms with Crippen molar-refractivity contribution < 1.29 is 30.0 Å². The Morgan fingerprint density at radius 2 is 1.00 bits per heavy atom. The minimum atomic E-state index is -1.25. The van der Waals surface area contributed by atoms with Crippen molar-refractivity contribution >= 4 is 35.8 Å². The quantitative estimate of drug-likeness (QED) is 0.496. The molecular weight excluding hydrogens is 431 g/mol. The number of carbonyl (C=O) groups excluding carboxylic acids is 2. The third-order valence-corrected chi connectivity index (χ3v) is 3.34. The normalized spacial score (nSPS) is 11.9. The molecule has 0 saturated heterocycles. The maximum absolute atomic E-state index is 10.5. The first-order valence-electron chi connectivity index (χ1n) is 7.24. The molecule has 0 aromatic heterocycles. The fourth-order valence-corrected chi connectivity index (χ4v) is 2.00. The number of carboxylic acids is 2. The van der Waals surface area contributed by atoms with Crippen molar-refractivity contribution in [3.05, 3.63) is 71.8 Å². The molecule has 2 N–H and O–H groups in total. The Bertz CT molecular complexity index is 575. The van der Waals surface area contributed by atoms with Crippen LogP contribution in [0.5, 0.6) is 0 Å². The van der Waals surface area contributed by atoms with Gasteiger partial charge in [-0.2, -0.15) is 0 Å². The number of hydrogen-bond acceptors (Lipinski definition) is 6. The molecule has 0 aliphatic carbocycles. The third kappa shape index (κ3) is 7.68. The molecule has 132 valence electrons. The average Bonchev–Trinajstić information content (AvgIpc) is 2.58. The summed E-state index contributed by atoms with van der Waals surface area (Å²) in [6.07, 6.45) is 0. The van der Waals surface area contributed by atoms with Crippen molar-refractivity contribution in [2.75, 3.05) is 13.2 Å². The van der Waals surface area contributed by atoms with Crippen molar-refractivity contribution in [3.63, 3.8) is 0 Å². The number of aliphatic hydroxyl groups is 2. The van der Waals surface area contributed by atoms with E-state index in [9.17, 15) is 19.8 Å². The molecule has 2 aromatic carbocycles. The Morgan fingerprint density at radius 1 is 0.720 bits per heavy atom. The number of aliphatic carboxylic acids is 2. The maximum atomic E-state index is 10.5. The molecule has 2 atom stereocenters. The van der Waals surface area contributed by atoms with E-state index in [-0.39, 0.29) is 23.9 Å². The van der Waals surface area contributed by atoms with Crippen LogP contribution in [0.2, 0.25) is 0 Å². The molecular formula is C18H20O6Sn. The van der Waals surface area contributed by atoms with Crippen LogP contribution in [0.25, 0.3) is 0 Å². The molecule has 2 rings (SSSR count). The summed E-state index contributed by atoms with van der Waals surface area (Å²) < 4.78 is 0. The van der Waals surface area contributed by atoms with Gasteiger partial charge in [0.1, 0.15) is 0 Å². The van der Waals surface area contributed by atoms with Crippen LogP contribution < -0.4 is 10.2 Å². The van der Waals surface area contributed by atoms with Gasteiger partial charge in [0.05, 0.1) is 25.2 Å². The molecule has 25 heavy (non-hydrogen) atoms. The predicted molar refractivity (Wildman–Crippen MR) is 91.1 cm³/mol. The van der Waals surface area contributed by atoms with E-state index >= 15 is 0 Å². The van der Waals surface area contributed by atoms with Crippen LogP contribution in [0.3, 0.4) is 0 Å². The van der Waals surface area contributed by atoms with E-state index in [4.69, 9.17) is 10.2 Å². The Balaban J connectivity index is 0.000000443. The van der Waals surface area contributed by atoms with Crippen LogP contribution in [0.1, 0.15) is 23.0 Å². The van der Waals surface area contributed by atoms with Crippen LogP contribution in [-0.2, 0) is 9.59 Å². The second-order valence-electron chi connectivity index (χ2n) is 4.93. The summed E-state index contributed by atoms with van der Waals surface area (Å²) in [6.45, 7) is -0.849. The number of carboxylic acid groups (broad SMARTS) is 2. The van der Waals surface area contributed by atoms with Gasteiger partial charge >= 0.3 is 23.9 Å². The summed E-state index contributed by atoms with van der Waals surface area (Å²) >= 11 is 0. The number of rotatable bonds is 6. The van der Waals surface area contributed by atoms with Gasteiger partial charge in [-0.25, -0.2) is 0 Å². The molecule has 0 saturated carbocycles. The van der Waals surface area contributed by atoms with Gasteiger partial charge in [0.2, 0.25) is 0 Å². The van der Waals surface area contributed by atoms with Gasteiger partial charge in [0.15, 0.2) is 0 Å². The van der Waals surface area contributed by atoms with E-state index in [1.807, 2.05) is 0 Å². The fraction of sp³-hybridized carbons (Fsp3) is 0.222. The van der Waals surface area contributed by atoms with Crippen LogP contribution in [0.4, 0.5) is 0 Å². The standard InChI is InChI=1S/2C9H10O3.Sn.2H/c2*10-6-8(9(11)12)7-4-2-1-3-5-7;;;/h2*1-5,8,10H,6H2,(H,11,12);;;/q;;+2;;/p-2. The van der Waals surface area contributed by atoms with Gasteiger partial charge in [-0.15, -0.1) is 0 Å². The molecule has 6 nitrogen and oxygen atoms in total. The Kier molecular flexibility index (Phi) is 11.5. The van der Waals surface area contributed by atoms with E-state index in [1.54, 1.807) is 60.7 Å². The van der Waals surface area contributed by atoms with E-state index in [1.165, 1.54) is 0 Å². The molecule has 2 aromatic rings. The van der Waals surface area contributed by atoms with Crippen molar-refractivity contribution in [1.82, 2.24) is 0 Å². The molecule has 0 radical (unpaired) electrons. The molecule has 0 fully saturated rings. The second kappa shape index (κ2) is 12.5. The summed E-state index contributed by atoms with van der Waals surface area (Å²) in [5.74, 6) is -4.31. The van der Waals surface area contributed by atoms with Crippen molar-refractivity contribution in [2.24, 2.45) is 0 Å². The first kappa shape index (κ1) is 23.1. The molecule has 0 bridgehead atoms. The summed E-state index contributed by atoms with van der Waals surface area (Å²) in [5.41, 5.74) is 1.14. The van der Waals surface area contributed by atoms with Crippen molar-refractivity contribution in [1.29, 1.82) is 0 Å². The van der Waals surface area contributed by atoms with Gasteiger partial charge in [-0.3, -0.25) is 0 Å². The van der Waals surface area contributed by atoms with Gasteiger partial charge < -0.3 is 30.0 Å². The summed E-state index contributed by atoms with van der Waals surface area (Å²) in [6, 6.07) is 17.1. The Morgan fingerprint density at radius 3 is 1.20 bits per heavy atom. The Hall–Kier alpha value is -1.90. The van der Waals surface area contributed by atoms with E-state index in [0.29, 0.717) is 11.1 Å². The Labute approximate surface area is 162 Å². The number of aliphatic hydroxyl groups excluding tert-OH is 2. The van der Waals surface area contributed by atoms with Crippen LogP contribution >= 0.6 is 0 Å². The first-order valence-corrected chi connectivity index (χ1v) is 7.24. The first-order chi connectivity index (χ1) is 11.5. The molecule has 0 spiro atoms. The van der Waals surface area contributed by atoms with Gasteiger partial charge in [-0.05, 0) is 11.1 Å². The second-order valence-corrected chi connectivity index (χ2v) is 4.93. The predicted octanol–water partition coefficient (Wildman–Crippen LogP) is -1.89. The number of carbonyl (C=O) groups is 2. The zero-order valence-corrected chi connectivity index (χ0v) is 17.6. The summed E-state index contributed by atoms with van der Waals surface area (Å²) in [5, 5.41) is 38.4. The fourth-order valence-electron chi connectivity index (χ4n) is 2.00. The topological polar surface area (TPSA) is 121 Å². The van der Waals surface area contributed by atoms with Crippen LogP contribution in [-0.4, -0.2) is 59.3 Å². The van der Waals surface area contributed by atoms with E-state index < -0.39 is 37.0 Å². The third-order valence-electron chi connectivity index (χ3n) is 3.34. The number of hydrogen-bond donors (Lipinski definition) is 2. The minimum absolute atomic E-state index is 0. The van der Waals surface area contributed by atoms with Gasteiger partial charge in [0.25, 0.3) is 0 Å². The molecule has 7 heteroatoms. The zero-order chi connectivity index (χ0) is 17.9. The molecule has 0 amide bonds. The summed E-state index contributed by atoms with van der Waals surface area (Å²) in [4.78, 5) is 20.9. The van der Waals surface area contributed by atoms with Crippen molar-refractivity contribution in [3.8, 4) is 0 Å².